The Morgan fingerprint density at radius 2 is 1.77 bits per heavy atom. The van der Waals surface area contributed by atoms with E-state index in [9.17, 15) is 14.4 Å². The van der Waals surface area contributed by atoms with Crippen LogP contribution in [0.4, 0.5) is 5.00 Å². The van der Waals surface area contributed by atoms with Crippen LogP contribution in [-0.4, -0.2) is 35.5 Å². The van der Waals surface area contributed by atoms with E-state index in [1.54, 1.807) is 12.3 Å². The summed E-state index contributed by atoms with van der Waals surface area (Å²) < 4.78 is 10.4. The Labute approximate surface area is 177 Å². The van der Waals surface area contributed by atoms with Crippen LogP contribution >= 0.6 is 11.3 Å². The minimum Gasteiger partial charge on any atom is -0.462 e. The number of hydrogen-bond donors (Lipinski definition) is 1. The molecule has 0 aliphatic rings. The fourth-order valence-corrected chi connectivity index (χ4v) is 3.63. The molecule has 7 nitrogen and oxygen atoms in total. The predicted molar refractivity (Wildman–Crippen MR) is 113 cm³/mol. The molecule has 0 unspecified atom stereocenters. The molecule has 3 rings (SSSR count). The zero-order valence-electron chi connectivity index (χ0n) is 16.5. The normalized spacial score (nSPS) is 11.4. The SMILES string of the molecule is CCOC(=O)c1c(-c2ccccc2)csc1NC(=O)[C@H](C)OC(=O)c1ccncc1. The fraction of sp³-hybridized carbons (Fsp3) is 0.182. The van der Waals surface area contributed by atoms with Gasteiger partial charge < -0.3 is 14.8 Å². The lowest BCUT2D eigenvalue weighted by Gasteiger charge is -2.14. The summed E-state index contributed by atoms with van der Waals surface area (Å²) in [5, 5.41) is 4.81. The Kier molecular flexibility index (Phi) is 6.92. The first-order chi connectivity index (χ1) is 14.5. The summed E-state index contributed by atoms with van der Waals surface area (Å²) in [5.41, 5.74) is 2.05. The van der Waals surface area contributed by atoms with Crippen molar-refractivity contribution in [2.75, 3.05) is 11.9 Å². The van der Waals surface area contributed by atoms with E-state index in [1.165, 1.54) is 42.8 Å². The number of thiophene rings is 1. The van der Waals surface area contributed by atoms with E-state index >= 15 is 0 Å². The third-order valence-corrected chi connectivity index (χ3v) is 5.06. The molecule has 0 radical (unpaired) electrons. The molecular weight excluding hydrogens is 404 g/mol. The molecule has 2 heterocycles. The molecule has 2 aromatic heterocycles. The molecule has 8 heteroatoms. The molecule has 30 heavy (non-hydrogen) atoms. The van der Waals surface area contributed by atoms with Gasteiger partial charge in [-0.15, -0.1) is 11.3 Å². The maximum atomic E-state index is 12.6. The highest BCUT2D eigenvalue weighted by atomic mass is 32.1. The maximum Gasteiger partial charge on any atom is 0.341 e. The van der Waals surface area contributed by atoms with Gasteiger partial charge in [-0.1, -0.05) is 30.3 Å². The number of carbonyl (C=O) groups is 3. The predicted octanol–water partition coefficient (Wildman–Crippen LogP) is 4.17. The van der Waals surface area contributed by atoms with Crippen molar-refractivity contribution in [3.05, 3.63) is 71.4 Å². The number of hydrogen-bond acceptors (Lipinski definition) is 7. The van der Waals surface area contributed by atoms with Gasteiger partial charge in [-0.3, -0.25) is 9.78 Å². The maximum absolute atomic E-state index is 12.6. The summed E-state index contributed by atoms with van der Waals surface area (Å²) in [6.45, 7) is 3.38. The highest BCUT2D eigenvalue weighted by molar-refractivity contribution is 7.15. The van der Waals surface area contributed by atoms with Gasteiger partial charge in [0, 0.05) is 23.3 Å². The molecule has 0 saturated carbocycles. The molecule has 0 bridgehead atoms. The lowest BCUT2D eigenvalue weighted by molar-refractivity contribution is -0.123. The Morgan fingerprint density at radius 3 is 2.43 bits per heavy atom. The minimum atomic E-state index is -1.07. The van der Waals surface area contributed by atoms with Gasteiger partial charge in [0.2, 0.25) is 0 Å². The van der Waals surface area contributed by atoms with Gasteiger partial charge in [0.15, 0.2) is 6.10 Å². The summed E-state index contributed by atoms with van der Waals surface area (Å²) in [6.07, 6.45) is 1.86. The molecule has 0 fully saturated rings. The molecule has 0 aliphatic carbocycles. The van der Waals surface area contributed by atoms with Crippen LogP contribution in [0.2, 0.25) is 0 Å². The number of carbonyl (C=O) groups excluding carboxylic acids is 3. The van der Waals surface area contributed by atoms with E-state index < -0.39 is 23.9 Å². The second-order valence-electron chi connectivity index (χ2n) is 6.21. The van der Waals surface area contributed by atoms with Gasteiger partial charge in [0.1, 0.15) is 10.6 Å². The molecular formula is C22H20N2O5S. The highest BCUT2D eigenvalue weighted by Crippen LogP contribution is 2.36. The minimum absolute atomic E-state index is 0.205. The molecule has 1 aromatic carbocycles. The van der Waals surface area contributed by atoms with Crippen LogP contribution in [-0.2, 0) is 14.3 Å². The first-order valence-electron chi connectivity index (χ1n) is 9.27. The number of nitrogens with one attached hydrogen (secondary N) is 1. The first-order valence-corrected chi connectivity index (χ1v) is 10.1. The van der Waals surface area contributed by atoms with Gasteiger partial charge in [-0.25, -0.2) is 9.59 Å². The molecule has 3 aromatic rings. The zero-order chi connectivity index (χ0) is 21.5. The van der Waals surface area contributed by atoms with Gasteiger partial charge in [0.25, 0.3) is 5.91 Å². The topological polar surface area (TPSA) is 94.6 Å². The largest absolute Gasteiger partial charge is 0.462 e. The average Bonchev–Trinajstić information content (AvgIpc) is 3.18. The smallest absolute Gasteiger partial charge is 0.341 e. The zero-order valence-corrected chi connectivity index (χ0v) is 17.3. The van der Waals surface area contributed by atoms with Crippen molar-refractivity contribution in [2.24, 2.45) is 0 Å². The van der Waals surface area contributed by atoms with E-state index in [-0.39, 0.29) is 12.2 Å². The first kappa shape index (κ1) is 21.2. The van der Waals surface area contributed by atoms with Crippen molar-refractivity contribution >= 4 is 34.2 Å². The molecule has 0 saturated heterocycles. The number of aromatic nitrogens is 1. The van der Waals surface area contributed by atoms with E-state index in [0.29, 0.717) is 16.1 Å². The second kappa shape index (κ2) is 9.80. The average molecular weight is 424 g/mol. The van der Waals surface area contributed by atoms with Gasteiger partial charge in [-0.05, 0) is 31.5 Å². The number of ether oxygens (including phenoxy) is 2. The van der Waals surface area contributed by atoms with Crippen LogP contribution in [0.15, 0.2) is 60.2 Å². The number of benzene rings is 1. The lowest BCUT2D eigenvalue weighted by atomic mass is 10.0. The number of anilines is 1. The fourth-order valence-electron chi connectivity index (χ4n) is 2.67. The Morgan fingerprint density at radius 1 is 1.07 bits per heavy atom. The lowest BCUT2D eigenvalue weighted by Crippen LogP contribution is -2.30. The standard InChI is InChI=1S/C22H20N2O5S/c1-3-28-22(27)18-17(15-7-5-4-6-8-15)13-30-20(18)24-19(25)14(2)29-21(26)16-9-11-23-12-10-16/h4-14H,3H2,1-2H3,(H,24,25)/t14-/m0/s1. The van der Waals surface area contributed by atoms with Gasteiger partial charge >= 0.3 is 11.9 Å². The van der Waals surface area contributed by atoms with Crippen molar-refractivity contribution in [1.29, 1.82) is 0 Å². The molecule has 154 valence electrons. The summed E-state index contributed by atoms with van der Waals surface area (Å²) >= 11 is 1.20. The van der Waals surface area contributed by atoms with Crippen molar-refractivity contribution in [1.82, 2.24) is 4.98 Å². The third-order valence-electron chi connectivity index (χ3n) is 4.16. The third kappa shape index (κ3) is 4.90. The second-order valence-corrected chi connectivity index (χ2v) is 7.09. The van der Waals surface area contributed by atoms with Crippen LogP contribution in [0.1, 0.15) is 34.6 Å². The van der Waals surface area contributed by atoms with Crippen molar-refractivity contribution in [2.45, 2.75) is 20.0 Å². The van der Waals surface area contributed by atoms with Crippen LogP contribution in [0, 0.1) is 0 Å². The van der Waals surface area contributed by atoms with Gasteiger partial charge in [0.05, 0.1) is 12.2 Å². The van der Waals surface area contributed by atoms with Gasteiger partial charge in [-0.2, -0.15) is 0 Å². The Hall–Kier alpha value is -3.52. The van der Waals surface area contributed by atoms with Crippen molar-refractivity contribution < 1.29 is 23.9 Å². The quantitative estimate of drug-likeness (QED) is 0.572. The molecule has 1 N–H and O–H groups in total. The highest BCUT2D eigenvalue weighted by Gasteiger charge is 2.25. The number of pyridine rings is 1. The van der Waals surface area contributed by atoms with E-state index in [2.05, 4.69) is 10.3 Å². The van der Waals surface area contributed by atoms with E-state index in [0.717, 1.165) is 5.56 Å². The summed E-state index contributed by atoms with van der Waals surface area (Å²) in [4.78, 5) is 41.2. The molecule has 0 spiro atoms. The molecule has 1 atom stereocenters. The summed E-state index contributed by atoms with van der Waals surface area (Å²) in [7, 11) is 0. The number of esters is 2. The van der Waals surface area contributed by atoms with Crippen LogP contribution in [0.5, 0.6) is 0 Å². The Bertz CT molecular complexity index is 1030. The molecule has 0 aliphatic heterocycles. The van der Waals surface area contributed by atoms with Crippen molar-refractivity contribution in [3.63, 3.8) is 0 Å². The van der Waals surface area contributed by atoms with E-state index in [4.69, 9.17) is 9.47 Å². The molecule has 1 amide bonds. The summed E-state index contributed by atoms with van der Waals surface area (Å²) in [5.74, 6) is -1.72. The van der Waals surface area contributed by atoms with Crippen LogP contribution < -0.4 is 5.32 Å². The van der Waals surface area contributed by atoms with Crippen molar-refractivity contribution in [3.8, 4) is 11.1 Å². The Balaban J connectivity index is 1.80. The number of nitrogens with zero attached hydrogens (tertiary/aromatic N) is 1. The monoisotopic (exact) mass is 424 g/mol. The van der Waals surface area contributed by atoms with Crippen LogP contribution in [0.3, 0.4) is 0 Å². The van der Waals surface area contributed by atoms with Crippen LogP contribution in [0.25, 0.3) is 11.1 Å². The summed E-state index contributed by atoms with van der Waals surface area (Å²) in [6, 6.07) is 12.3. The number of rotatable bonds is 7. The van der Waals surface area contributed by atoms with E-state index in [1.807, 2.05) is 30.3 Å². The number of amides is 1.